The van der Waals surface area contributed by atoms with Gasteiger partial charge >= 0.3 is 5.97 Å². The van der Waals surface area contributed by atoms with E-state index in [1.54, 1.807) is 43.5 Å². The monoisotopic (exact) mass is 410 g/mol. The average molecular weight is 410 g/mol. The predicted octanol–water partition coefficient (Wildman–Crippen LogP) is 3.53. The van der Waals surface area contributed by atoms with Crippen molar-refractivity contribution in [1.82, 2.24) is 4.98 Å². The number of rotatable bonds is 4. The van der Waals surface area contributed by atoms with Crippen LogP contribution >= 0.6 is 11.3 Å². The minimum absolute atomic E-state index is 0.0147. The van der Waals surface area contributed by atoms with E-state index in [4.69, 9.17) is 9.47 Å². The van der Waals surface area contributed by atoms with Gasteiger partial charge in [-0.1, -0.05) is 23.5 Å². The fourth-order valence-corrected chi connectivity index (χ4v) is 4.06. The van der Waals surface area contributed by atoms with Crippen LogP contribution in [-0.4, -0.2) is 23.0 Å². The minimum atomic E-state index is -0.562. The standard InChI is InChI=1S/C20H14N2O6S/c1-27-14-8-4-12(5-9-14)19-21-18-17(20(24)29-19)15(10-16(23)28-18)11-2-6-13(7-3-11)22(25)26/h2-9,15H,10H2,1H3. The van der Waals surface area contributed by atoms with Crippen molar-refractivity contribution in [2.24, 2.45) is 0 Å². The molecule has 1 aliphatic heterocycles. The van der Waals surface area contributed by atoms with Crippen molar-refractivity contribution in [2.45, 2.75) is 12.3 Å². The zero-order chi connectivity index (χ0) is 20.5. The number of carbonyl (C=O) groups excluding carboxylic acids is 1. The third-order valence-electron chi connectivity index (χ3n) is 4.62. The molecule has 1 unspecified atom stereocenters. The Labute approximate surface area is 168 Å². The molecule has 0 amide bonds. The summed E-state index contributed by atoms with van der Waals surface area (Å²) >= 11 is 0.959. The molecule has 1 aromatic heterocycles. The van der Waals surface area contributed by atoms with Crippen LogP contribution in [0.5, 0.6) is 11.6 Å². The lowest BCUT2D eigenvalue weighted by Gasteiger charge is -2.23. The van der Waals surface area contributed by atoms with Crippen LogP contribution in [0.4, 0.5) is 5.69 Å². The van der Waals surface area contributed by atoms with E-state index < -0.39 is 16.8 Å². The average Bonchev–Trinajstić information content (AvgIpc) is 2.73. The van der Waals surface area contributed by atoms with Gasteiger partial charge in [-0.2, -0.15) is 0 Å². The van der Waals surface area contributed by atoms with Crippen molar-refractivity contribution in [1.29, 1.82) is 0 Å². The zero-order valence-electron chi connectivity index (χ0n) is 15.2. The quantitative estimate of drug-likeness (QED) is 0.368. The number of nitrogens with zero attached hydrogens (tertiary/aromatic N) is 2. The van der Waals surface area contributed by atoms with Crippen molar-refractivity contribution < 1.29 is 19.2 Å². The van der Waals surface area contributed by atoms with Crippen LogP contribution in [0.15, 0.2) is 53.3 Å². The molecule has 0 bridgehead atoms. The van der Waals surface area contributed by atoms with Gasteiger partial charge in [-0.3, -0.25) is 19.7 Å². The Morgan fingerprint density at radius 2 is 1.83 bits per heavy atom. The third-order valence-corrected chi connectivity index (χ3v) is 5.54. The van der Waals surface area contributed by atoms with Crippen molar-refractivity contribution in [3.05, 3.63) is 79.3 Å². The molecule has 2 heterocycles. The molecule has 0 N–H and O–H groups in total. The Bertz CT molecular complexity index is 1160. The number of aromatic nitrogens is 1. The number of ether oxygens (including phenoxy) is 2. The van der Waals surface area contributed by atoms with E-state index in [0.717, 1.165) is 11.3 Å². The summed E-state index contributed by atoms with van der Waals surface area (Å²) in [4.78, 5) is 39.8. The van der Waals surface area contributed by atoms with Gasteiger partial charge in [-0.05, 0) is 29.8 Å². The van der Waals surface area contributed by atoms with Gasteiger partial charge in [0.15, 0.2) is 0 Å². The molecule has 4 rings (SSSR count). The summed E-state index contributed by atoms with van der Waals surface area (Å²) in [6.45, 7) is 0. The summed E-state index contributed by atoms with van der Waals surface area (Å²) in [6.07, 6.45) is -0.0314. The lowest BCUT2D eigenvalue weighted by molar-refractivity contribution is -0.384. The van der Waals surface area contributed by atoms with E-state index in [9.17, 15) is 19.7 Å². The van der Waals surface area contributed by atoms with E-state index in [-0.39, 0.29) is 22.7 Å². The lowest BCUT2D eigenvalue weighted by atomic mass is 9.89. The summed E-state index contributed by atoms with van der Waals surface area (Å²) in [5, 5.41) is 11.3. The number of esters is 1. The first kappa shape index (κ1) is 18.8. The van der Waals surface area contributed by atoms with Crippen LogP contribution in [0, 0.1) is 10.1 Å². The maximum atomic E-state index is 12.9. The first-order valence-corrected chi connectivity index (χ1v) is 9.42. The fourth-order valence-electron chi connectivity index (χ4n) is 3.16. The van der Waals surface area contributed by atoms with E-state index in [1.807, 2.05) is 0 Å². The van der Waals surface area contributed by atoms with Crippen LogP contribution in [0.2, 0.25) is 0 Å². The highest BCUT2D eigenvalue weighted by Crippen LogP contribution is 2.38. The molecule has 0 fully saturated rings. The molecule has 9 heteroatoms. The van der Waals surface area contributed by atoms with Gasteiger partial charge in [0.05, 0.1) is 24.0 Å². The molecular weight excluding hydrogens is 396 g/mol. The minimum Gasteiger partial charge on any atom is -0.497 e. The van der Waals surface area contributed by atoms with Crippen molar-refractivity contribution in [3.63, 3.8) is 0 Å². The molecular formula is C20H14N2O6S. The molecule has 1 aliphatic rings. The van der Waals surface area contributed by atoms with Crippen molar-refractivity contribution in [2.75, 3.05) is 7.11 Å². The Morgan fingerprint density at radius 1 is 1.14 bits per heavy atom. The number of nitro benzene ring substituents is 1. The van der Waals surface area contributed by atoms with Gasteiger partial charge in [0, 0.05) is 23.6 Å². The highest BCUT2D eigenvalue weighted by atomic mass is 32.1. The second-order valence-electron chi connectivity index (χ2n) is 6.33. The van der Waals surface area contributed by atoms with Gasteiger partial charge in [-0.15, -0.1) is 0 Å². The number of nitro groups is 1. The normalized spacial score (nSPS) is 15.3. The van der Waals surface area contributed by atoms with Gasteiger partial charge in [0.1, 0.15) is 10.8 Å². The summed E-state index contributed by atoms with van der Waals surface area (Å²) in [5.41, 5.74) is 1.55. The Morgan fingerprint density at radius 3 is 2.45 bits per heavy atom. The van der Waals surface area contributed by atoms with Crippen LogP contribution in [0.25, 0.3) is 10.6 Å². The summed E-state index contributed by atoms with van der Waals surface area (Å²) in [5.74, 6) is -0.416. The topological polar surface area (TPSA) is 109 Å². The molecule has 2 aromatic carbocycles. The first-order valence-electron chi connectivity index (χ1n) is 8.60. The highest BCUT2D eigenvalue weighted by Gasteiger charge is 2.33. The molecule has 8 nitrogen and oxygen atoms in total. The number of methoxy groups -OCH3 is 1. The largest absolute Gasteiger partial charge is 0.497 e. The molecule has 0 saturated heterocycles. The maximum Gasteiger partial charge on any atom is 0.313 e. The second-order valence-corrected chi connectivity index (χ2v) is 7.29. The third kappa shape index (κ3) is 3.59. The zero-order valence-corrected chi connectivity index (χ0v) is 16.0. The summed E-state index contributed by atoms with van der Waals surface area (Å²) in [7, 11) is 1.56. The Kier molecular flexibility index (Phi) is 4.81. The van der Waals surface area contributed by atoms with Gasteiger partial charge < -0.3 is 9.47 Å². The lowest BCUT2D eigenvalue weighted by Crippen LogP contribution is -2.26. The van der Waals surface area contributed by atoms with Crippen LogP contribution in [0.1, 0.15) is 23.5 Å². The first-order chi connectivity index (χ1) is 14.0. The van der Waals surface area contributed by atoms with Crippen molar-refractivity contribution >= 4 is 23.0 Å². The maximum absolute atomic E-state index is 12.9. The molecule has 0 spiro atoms. The predicted molar refractivity (Wildman–Crippen MR) is 106 cm³/mol. The number of hydrogen-bond acceptors (Lipinski definition) is 8. The van der Waals surface area contributed by atoms with Crippen molar-refractivity contribution in [3.8, 4) is 22.2 Å². The number of carbonyl (C=O) groups is 1. The Hall–Kier alpha value is -3.59. The number of hydrogen-bond donors (Lipinski definition) is 0. The molecule has 0 radical (unpaired) electrons. The van der Waals surface area contributed by atoms with Gasteiger partial charge in [0.2, 0.25) is 10.6 Å². The van der Waals surface area contributed by atoms with Crippen LogP contribution < -0.4 is 14.2 Å². The molecule has 0 saturated carbocycles. The highest BCUT2D eigenvalue weighted by molar-refractivity contribution is 7.12. The summed E-state index contributed by atoms with van der Waals surface area (Å²) in [6, 6.07) is 12.8. The SMILES string of the molecule is COc1ccc(-c2nc3c(c(=O)s2)C(c2ccc([N+](=O)[O-])cc2)CC(=O)O3)cc1. The van der Waals surface area contributed by atoms with Crippen LogP contribution in [0.3, 0.4) is 0 Å². The molecule has 29 heavy (non-hydrogen) atoms. The van der Waals surface area contributed by atoms with Gasteiger partial charge in [-0.25, -0.2) is 4.98 Å². The Balaban J connectivity index is 1.77. The van der Waals surface area contributed by atoms with E-state index in [0.29, 0.717) is 27.4 Å². The number of non-ortho nitro benzene ring substituents is 1. The van der Waals surface area contributed by atoms with E-state index in [2.05, 4.69) is 4.98 Å². The fraction of sp³-hybridized carbons (Fsp3) is 0.150. The smallest absolute Gasteiger partial charge is 0.313 e. The van der Waals surface area contributed by atoms with E-state index in [1.165, 1.54) is 12.1 Å². The summed E-state index contributed by atoms with van der Waals surface area (Å²) < 4.78 is 10.1. The van der Waals surface area contributed by atoms with Gasteiger partial charge in [0.25, 0.3) is 5.69 Å². The van der Waals surface area contributed by atoms with Crippen LogP contribution in [-0.2, 0) is 4.79 Å². The molecule has 1 atom stereocenters. The molecule has 146 valence electrons. The number of fused-ring (bicyclic) bond motifs is 1. The van der Waals surface area contributed by atoms with E-state index >= 15 is 0 Å². The molecule has 3 aromatic rings. The molecule has 0 aliphatic carbocycles. The second kappa shape index (κ2) is 7.44. The number of benzene rings is 2.